The Bertz CT molecular complexity index is 1950. The summed E-state index contributed by atoms with van der Waals surface area (Å²) in [5, 5.41) is 5.38. The van der Waals surface area contributed by atoms with Gasteiger partial charge >= 0.3 is 131 Å². The molecule has 0 aliphatic heterocycles. The molecule has 0 aromatic heterocycles. The molecule has 0 unspecified atom stereocenters. The van der Waals surface area contributed by atoms with Crippen molar-refractivity contribution in [1.82, 2.24) is 0 Å². The Labute approximate surface area is 395 Å². The number of rotatable bonds is 16. The van der Waals surface area contributed by atoms with Crippen LogP contribution in [0.1, 0.15) is 174 Å². The maximum absolute atomic E-state index is 2.99. The second-order valence-electron chi connectivity index (χ2n) is 18.9. The van der Waals surface area contributed by atoms with Crippen LogP contribution >= 0.6 is 0 Å². The van der Waals surface area contributed by atoms with E-state index in [1.54, 1.807) is 24.2 Å². The number of aryl methyl sites for hydroxylation is 2. The summed E-state index contributed by atoms with van der Waals surface area (Å²) in [6.07, 6.45) is 30.2. The second-order valence-corrected chi connectivity index (χ2v) is 20.6. The van der Waals surface area contributed by atoms with E-state index in [2.05, 4.69) is 160 Å². The molecule has 0 heterocycles. The standard InChI is InChI=1S/C35H37.C17H34.C5H5.2ClH.Zr/c1-22-13-9-11-15-26(22)30-18-24-17-25-19-31(27-16-12-10-14-23(27)2)33(35(6,7)8)21-29(25)28(24)20-32(30)34(3,4)5;1-3-5-7-9-11-13-15-17-16-14-12-10-8-6-4-2;1-2-4-5-3-1;;;/h9-21H,1-8H3;3-16H2,1-2H3;1-3H,4H2;2*1H;/q-1;;-1;;;+2/p-2. The zero-order valence-electron chi connectivity index (χ0n) is 39.1. The molecule has 5 aromatic rings. The third-order valence-electron chi connectivity index (χ3n) is 11.7. The normalized spacial score (nSPS) is 12.1. The molecule has 0 nitrogen and oxygen atoms in total. The molecule has 1 aliphatic carbocycles. The Morgan fingerprint density at radius 1 is 0.567 bits per heavy atom. The predicted octanol–water partition coefficient (Wildman–Crippen LogP) is 11.8. The van der Waals surface area contributed by atoms with Gasteiger partial charge in [-0.2, -0.15) is 6.08 Å². The van der Waals surface area contributed by atoms with Gasteiger partial charge in [0.15, 0.2) is 0 Å². The van der Waals surface area contributed by atoms with Crippen LogP contribution in [0.2, 0.25) is 0 Å². The number of halogens is 2. The van der Waals surface area contributed by atoms with Gasteiger partial charge in [0.25, 0.3) is 0 Å². The van der Waals surface area contributed by atoms with Crippen LogP contribution in [0.15, 0.2) is 97.1 Å². The molecule has 0 bridgehead atoms. The number of hydrogen-bond acceptors (Lipinski definition) is 0. The van der Waals surface area contributed by atoms with Crippen molar-refractivity contribution in [2.45, 2.75) is 176 Å². The van der Waals surface area contributed by atoms with Crippen LogP contribution in [-0.4, -0.2) is 3.21 Å². The summed E-state index contributed by atoms with van der Waals surface area (Å²) in [5.41, 5.74) is 10.9. The number of unbranched alkanes of at least 4 members (excludes halogenated alkanes) is 10. The van der Waals surface area contributed by atoms with E-state index < -0.39 is 0 Å². The van der Waals surface area contributed by atoms with Gasteiger partial charge in [-0.3, -0.25) is 6.08 Å². The van der Waals surface area contributed by atoms with Crippen LogP contribution in [0.3, 0.4) is 0 Å². The van der Waals surface area contributed by atoms with Gasteiger partial charge in [-0.05, 0) is 69.2 Å². The molecule has 0 N–H and O–H groups in total. The Kier molecular flexibility index (Phi) is 24.1. The van der Waals surface area contributed by atoms with Crippen molar-refractivity contribution in [2.24, 2.45) is 0 Å². The molecule has 60 heavy (non-hydrogen) atoms. The van der Waals surface area contributed by atoms with E-state index in [-0.39, 0.29) is 35.6 Å². The largest absolute Gasteiger partial charge is 1.00 e. The first-order chi connectivity index (χ1) is 27.8. The van der Waals surface area contributed by atoms with Crippen LogP contribution in [-0.2, 0) is 35.1 Å². The SMILES string of the molecule is CCCCCCCC[C](=[Zr+2])CCCCCCCC.Cc1ccccc1-c1cc2[cH-]c3cc(-c4ccccc4C)c(C(C)(C)C)cc3c2cc1C(C)(C)C.[C-]1=CC=CC1.[Cl-].[Cl-]. The molecule has 0 amide bonds. The Morgan fingerprint density at radius 3 is 1.30 bits per heavy atom. The van der Waals surface area contributed by atoms with Gasteiger partial charge in [0, 0.05) is 0 Å². The van der Waals surface area contributed by atoms with Crippen molar-refractivity contribution < 1.29 is 49.0 Å². The quantitative estimate of drug-likeness (QED) is 0.0683. The molecule has 0 radical (unpaired) electrons. The first-order valence-corrected chi connectivity index (χ1v) is 24.1. The molecule has 1 aliphatic rings. The molecule has 0 saturated carbocycles. The van der Waals surface area contributed by atoms with Gasteiger partial charge in [-0.1, -0.05) is 102 Å². The Hall–Kier alpha value is -2.44. The summed E-state index contributed by atoms with van der Waals surface area (Å²) >= 11 is 1.71. The van der Waals surface area contributed by atoms with E-state index in [0.717, 1.165) is 6.42 Å². The summed E-state index contributed by atoms with van der Waals surface area (Å²) in [5.74, 6) is 0. The van der Waals surface area contributed by atoms with Crippen molar-refractivity contribution >= 4 is 24.8 Å². The van der Waals surface area contributed by atoms with Crippen molar-refractivity contribution in [3.8, 4) is 22.3 Å². The molecular formula is C57H76Cl2Zr-2. The fourth-order valence-electron chi connectivity index (χ4n) is 8.25. The summed E-state index contributed by atoms with van der Waals surface area (Å²) < 4.78 is 1.84. The monoisotopic (exact) mass is 920 g/mol. The van der Waals surface area contributed by atoms with Crippen molar-refractivity contribution in [1.29, 1.82) is 0 Å². The molecule has 5 aromatic carbocycles. The maximum Gasteiger partial charge on any atom is -0.0139 e. The summed E-state index contributed by atoms with van der Waals surface area (Å²) in [7, 11) is 0. The van der Waals surface area contributed by atoms with E-state index in [4.69, 9.17) is 0 Å². The average molecular weight is 923 g/mol. The van der Waals surface area contributed by atoms with Gasteiger partial charge in [-0.25, -0.2) is 12.2 Å². The molecule has 6 rings (SSSR count). The Balaban J connectivity index is 0.000000418. The predicted molar refractivity (Wildman–Crippen MR) is 257 cm³/mol. The van der Waals surface area contributed by atoms with Crippen LogP contribution in [0.5, 0.6) is 0 Å². The van der Waals surface area contributed by atoms with E-state index in [9.17, 15) is 0 Å². The van der Waals surface area contributed by atoms with Crippen LogP contribution in [0.4, 0.5) is 0 Å². The second kappa shape index (κ2) is 26.9. The third kappa shape index (κ3) is 16.4. The number of benzene rings is 4. The summed E-state index contributed by atoms with van der Waals surface area (Å²) in [6.45, 7) is 23.0. The van der Waals surface area contributed by atoms with Crippen molar-refractivity contribution in [3.05, 3.63) is 125 Å². The topological polar surface area (TPSA) is 0 Å². The summed E-state index contributed by atoms with van der Waals surface area (Å²) in [6, 6.07) is 29.8. The smallest absolute Gasteiger partial charge is 0.0139 e. The molecule has 324 valence electrons. The van der Waals surface area contributed by atoms with Gasteiger partial charge in [0.05, 0.1) is 0 Å². The van der Waals surface area contributed by atoms with Crippen LogP contribution in [0.25, 0.3) is 43.8 Å². The maximum atomic E-state index is 2.99. The van der Waals surface area contributed by atoms with Gasteiger partial charge in [0.1, 0.15) is 0 Å². The van der Waals surface area contributed by atoms with Crippen molar-refractivity contribution in [3.63, 3.8) is 0 Å². The van der Waals surface area contributed by atoms with Gasteiger partial charge in [-0.15, -0.1) is 46.2 Å². The average Bonchev–Trinajstić information content (AvgIpc) is 3.89. The molecule has 3 heteroatoms. The van der Waals surface area contributed by atoms with E-state index in [0.29, 0.717) is 0 Å². The number of hydrogen-bond donors (Lipinski definition) is 0. The van der Waals surface area contributed by atoms with E-state index in [1.165, 1.54) is 156 Å². The van der Waals surface area contributed by atoms with Crippen LogP contribution < -0.4 is 24.8 Å². The third-order valence-corrected chi connectivity index (χ3v) is 12.9. The first-order valence-electron chi connectivity index (χ1n) is 22.9. The first kappa shape index (κ1) is 53.7. The number of allylic oxidation sites excluding steroid dienone is 4. The zero-order chi connectivity index (χ0) is 42.1. The van der Waals surface area contributed by atoms with Gasteiger partial charge in [0.2, 0.25) is 0 Å². The minimum atomic E-state index is 0. The number of fused-ring (bicyclic) bond motifs is 3. The fraction of sp³-hybridized carbons (Fsp3) is 0.474. The van der Waals surface area contributed by atoms with Crippen LogP contribution in [0, 0.1) is 19.9 Å². The molecule has 0 spiro atoms. The van der Waals surface area contributed by atoms with E-state index >= 15 is 0 Å². The van der Waals surface area contributed by atoms with Gasteiger partial charge < -0.3 is 24.8 Å². The molecule has 0 fully saturated rings. The van der Waals surface area contributed by atoms with Crippen molar-refractivity contribution in [2.75, 3.05) is 0 Å². The molecule has 0 atom stereocenters. The molecule has 0 saturated heterocycles. The summed E-state index contributed by atoms with van der Waals surface area (Å²) in [4.78, 5) is 0. The molecular weight excluding hydrogens is 847 g/mol. The van der Waals surface area contributed by atoms with E-state index in [1.807, 2.05) is 15.4 Å². The zero-order valence-corrected chi connectivity index (χ0v) is 43.1. The fourth-order valence-corrected chi connectivity index (χ4v) is 9.11. The minimum absolute atomic E-state index is 0. The Morgan fingerprint density at radius 2 is 0.967 bits per heavy atom. The minimum Gasteiger partial charge on any atom is -1.00 e.